The van der Waals surface area contributed by atoms with E-state index >= 15 is 0 Å². The van der Waals surface area contributed by atoms with E-state index in [2.05, 4.69) is 13.8 Å². The standard InChI is InChI=1S/C20H25NO4/c1-20(2)10-14-19(15(22)11-20)13(9-18(23)21(14)3)12-6-7-16(24-4)17(8-12)25-5/h6-8,13H,9-11H2,1-5H3/t13-/m0/s1. The third-order valence-corrected chi connectivity index (χ3v) is 5.21. The predicted molar refractivity (Wildman–Crippen MR) is 94.7 cm³/mol. The van der Waals surface area contributed by atoms with Gasteiger partial charge in [-0.05, 0) is 29.5 Å². The molecule has 0 bridgehead atoms. The van der Waals surface area contributed by atoms with Crippen molar-refractivity contribution in [3.05, 3.63) is 35.0 Å². The van der Waals surface area contributed by atoms with E-state index in [-0.39, 0.29) is 23.0 Å². The molecule has 25 heavy (non-hydrogen) atoms. The smallest absolute Gasteiger partial charge is 0.227 e. The lowest BCUT2D eigenvalue weighted by Crippen LogP contribution is -2.41. The van der Waals surface area contributed by atoms with E-state index in [9.17, 15) is 9.59 Å². The number of carbonyl (C=O) groups is 2. The zero-order valence-corrected chi connectivity index (χ0v) is 15.5. The summed E-state index contributed by atoms with van der Waals surface area (Å²) < 4.78 is 10.7. The fourth-order valence-electron chi connectivity index (χ4n) is 3.91. The fourth-order valence-corrected chi connectivity index (χ4v) is 3.91. The van der Waals surface area contributed by atoms with Gasteiger partial charge in [0.05, 0.1) is 14.2 Å². The normalized spacial score (nSPS) is 22.8. The van der Waals surface area contributed by atoms with E-state index in [0.29, 0.717) is 24.3 Å². The molecule has 1 aromatic carbocycles. The van der Waals surface area contributed by atoms with Crippen molar-refractivity contribution < 1.29 is 19.1 Å². The van der Waals surface area contributed by atoms with Gasteiger partial charge in [0.25, 0.3) is 0 Å². The van der Waals surface area contributed by atoms with Gasteiger partial charge >= 0.3 is 0 Å². The van der Waals surface area contributed by atoms with Crippen molar-refractivity contribution in [2.45, 2.75) is 39.0 Å². The highest BCUT2D eigenvalue weighted by Gasteiger charge is 2.42. The predicted octanol–water partition coefficient (Wildman–Crippen LogP) is 3.29. The van der Waals surface area contributed by atoms with Crippen molar-refractivity contribution in [1.82, 2.24) is 4.90 Å². The number of ether oxygens (including phenoxy) is 2. The summed E-state index contributed by atoms with van der Waals surface area (Å²) in [6.07, 6.45) is 1.55. The largest absolute Gasteiger partial charge is 0.493 e. The molecule has 0 aromatic heterocycles. The highest BCUT2D eigenvalue weighted by Crippen LogP contribution is 2.47. The van der Waals surface area contributed by atoms with Gasteiger partial charge < -0.3 is 14.4 Å². The zero-order chi connectivity index (χ0) is 18.4. The maximum atomic E-state index is 12.9. The second-order valence-electron chi connectivity index (χ2n) is 7.63. The van der Waals surface area contributed by atoms with Gasteiger partial charge in [0.2, 0.25) is 5.91 Å². The maximum absolute atomic E-state index is 12.9. The fraction of sp³-hybridized carbons (Fsp3) is 0.500. The molecule has 5 nitrogen and oxygen atoms in total. The van der Waals surface area contributed by atoms with Gasteiger partial charge in [-0.1, -0.05) is 19.9 Å². The Kier molecular flexibility index (Phi) is 4.35. The molecular formula is C20H25NO4. The molecule has 1 aliphatic heterocycles. The van der Waals surface area contributed by atoms with Crippen LogP contribution in [0.4, 0.5) is 0 Å². The summed E-state index contributed by atoms with van der Waals surface area (Å²) in [7, 11) is 4.95. The van der Waals surface area contributed by atoms with Crippen LogP contribution in [0.15, 0.2) is 29.5 Å². The van der Waals surface area contributed by atoms with Crippen LogP contribution in [0.3, 0.4) is 0 Å². The second-order valence-corrected chi connectivity index (χ2v) is 7.63. The minimum absolute atomic E-state index is 0.0454. The quantitative estimate of drug-likeness (QED) is 0.845. The molecule has 5 heteroatoms. The molecule has 134 valence electrons. The maximum Gasteiger partial charge on any atom is 0.227 e. The number of allylic oxidation sites excluding steroid dienone is 2. The molecule has 1 heterocycles. The Morgan fingerprint density at radius 2 is 1.76 bits per heavy atom. The summed E-state index contributed by atoms with van der Waals surface area (Å²) in [5.41, 5.74) is 2.45. The monoisotopic (exact) mass is 343 g/mol. The SMILES string of the molecule is COc1ccc([C@@H]2CC(=O)N(C)C3=C2C(=O)CC(C)(C)C3)cc1OC. The molecule has 0 spiro atoms. The Balaban J connectivity index is 2.11. The van der Waals surface area contributed by atoms with Gasteiger partial charge in [0.1, 0.15) is 0 Å². The third-order valence-electron chi connectivity index (χ3n) is 5.21. The number of hydrogen-bond acceptors (Lipinski definition) is 4. The van der Waals surface area contributed by atoms with Crippen molar-refractivity contribution in [2.75, 3.05) is 21.3 Å². The average molecular weight is 343 g/mol. The van der Waals surface area contributed by atoms with Gasteiger partial charge in [-0.15, -0.1) is 0 Å². The lowest BCUT2D eigenvalue weighted by atomic mass is 9.69. The molecule has 1 atom stereocenters. The summed E-state index contributed by atoms with van der Waals surface area (Å²) >= 11 is 0. The first-order valence-corrected chi connectivity index (χ1v) is 8.52. The van der Waals surface area contributed by atoms with Crippen LogP contribution in [0, 0.1) is 5.41 Å². The third kappa shape index (κ3) is 3.03. The summed E-state index contributed by atoms with van der Waals surface area (Å²) in [6, 6.07) is 5.62. The molecule has 0 radical (unpaired) electrons. The van der Waals surface area contributed by atoms with Crippen molar-refractivity contribution in [3.8, 4) is 11.5 Å². The van der Waals surface area contributed by atoms with E-state index < -0.39 is 0 Å². The van der Waals surface area contributed by atoms with Crippen LogP contribution in [-0.4, -0.2) is 37.9 Å². The summed E-state index contributed by atoms with van der Waals surface area (Å²) in [4.78, 5) is 27.1. The highest BCUT2D eigenvalue weighted by atomic mass is 16.5. The van der Waals surface area contributed by atoms with Crippen LogP contribution in [0.5, 0.6) is 11.5 Å². The van der Waals surface area contributed by atoms with Crippen LogP contribution in [0.2, 0.25) is 0 Å². The minimum atomic E-state index is -0.220. The molecule has 0 unspecified atom stereocenters. The van der Waals surface area contributed by atoms with Gasteiger partial charge in [-0.3, -0.25) is 9.59 Å². The van der Waals surface area contributed by atoms with E-state index in [1.54, 1.807) is 26.2 Å². The number of nitrogens with zero attached hydrogens (tertiary/aromatic N) is 1. The van der Waals surface area contributed by atoms with Crippen molar-refractivity contribution in [1.29, 1.82) is 0 Å². The van der Waals surface area contributed by atoms with Crippen LogP contribution in [-0.2, 0) is 9.59 Å². The molecule has 0 saturated heterocycles. The second kappa shape index (κ2) is 6.21. The lowest BCUT2D eigenvalue weighted by Gasteiger charge is -2.41. The van der Waals surface area contributed by atoms with E-state index in [1.807, 2.05) is 18.2 Å². The number of amides is 1. The minimum Gasteiger partial charge on any atom is -0.493 e. The van der Waals surface area contributed by atoms with Gasteiger partial charge in [0.15, 0.2) is 17.3 Å². The first kappa shape index (κ1) is 17.5. The Morgan fingerprint density at radius 3 is 2.40 bits per heavy atom. The van der Waals surface area contributed by atoms with Crippen molar-refractivity contribution in [2.24, 2.45) is 5.41 Å². The molecule has 2 aliphatic rings. The number of Topliss-reactive ketones (excluding diaryl/α,β-unsaturated/α-hetero) is 1. The lowest BCUT2D eigenvalue weighted by molar-refractivity contribution is -0.130. The molecule has 1 aliphatic carbocycles. The Labute approximate surface area is 148 Å². The molecule has 0 N–H and O–H groups in total. The number of rotatable bonds is 3. The van der Waals surface area contributed by atoms with E-state index in [0.717, 1.165) is 23.3 Å². The average Bonchev–Trinajstić information content (AvgIpc) is 2.56. The number of carbonyl (C=O) groups excluding carboxylic acids is 2. The Hall–Kier alpha value is -2.30. The first-order valence-electron chi connectivity index (χ1n) is 8.52. The topological polar surface area (TPSA) is 55.8 Å². The number of ketones is 1. The number of benzene rings is 1. The molecule has 0 fully saturated rings. The highest BCUT2D eigenvalue weighted by molar-refractivity contribution is 6.02. The molecule has 1 amide bonds. The van der Waals surface area contributed by atoms with Gasteiger partial charge in [0, 0.05) is 37.1 Å². The molecular weight excluding hydrogens is 318 g/mol. The van der Waals surface area contributed by atoms with Crippen LogP contribution in [0.25, 0.3) is 0 Å². The Bertz CT molecular complexity index is 763. The van der Waals surface area contributed by atoms with Crippen molar-refractivity contribution in [3.63, 3.8) is 0 Å². The zero-order valence-electron chi connectivity index (χ0n) is 15.5. The summed E-state index contributed by atoms with van der Waals surface area (Å²) in [5.74, 6) is 1.21. The molecule has 1 aromatic rings. The number of methoxy groups -OCH3 is 2. The Morgan fingerprint density at radius 1 is 1.08 bits per heavy atom. The summed E-state index contributed by atoms with van der Waals surface area (Å²) in [6.45, 7) is 4.15. The van der Waals surface area contributed by atoms with Crippen LogP contribution in [0.1, 0.15) is 44.6 Å². The van der Waals surface area contributed by atoms with Gasteiger partial charge in [-0.25, -0.2) is 0 Å². The van der Waals surface area contributed by atoms with Crippen LogP contribution < -0.4 is 9.47 Å². The summed E-state index contributed by atoms with van der Waals surface area (Å²) in [5, 5.41) is 0. The van der Waals surface area contributed by atoms with Crippen LogP contribution >= 0.6 is 0 Å². The molecule has 0 saturated carbocycles. The first-order chi connectivity index (χ1) is 11.8. The van der Waals surface area contributed by atoms with E-state index in [4.69, 9.17) is 9.47 Å². The molecule has 3 rings (SSSR count). The van der Waals surface area contributed by atoms with Crippen molar-refractivity contribution >= 4 is 11.7 Å². The van der Waals surface area contributed by atoms with E-state index in [1.165, 1.54) is 0 Å². The number of hydrogen-bond donors (Lipinski definition) is 0. The van der Waals surface area contributed by atoms with Gasteiger partial charge in [-0.2, -0.15) is 0 Å².